The van der Waals surface area contributed by atoms with Crippen LogP contribution in [-0.2, 0) is 15.9 Å². The SMILES string of the molecule is C[C@@H]1CO[C@]2(C[C@H]1O)C[C@H]1[C@@H]3CCc4cc(O)ccc4[C@H]3CC[C@]1(C)CO2. The standard InChI is InChI=1S/C23H32O4/c1-14-12-26-23(11-21(14)25)10-20-19-5-3-15-9-16(24)4-6-17(15)18(19)7-8-22(20,2)13-27-23/h4,6,9,14,18-21,24-25H,3,5,7-8,10-13H2,1-2H3/t14-,18-,19-,20+,21-,22-,23-/m1/s1. The number of hydrogen-bond donors (Lipinski definition) is 2. The van der Waals surface area contributed by atoms with E-state index in [0.29, 0.717) is 36.5 Å². The van der Waals surface area contributed by atoms with E-state index in [1.165, 1.54) is 30.4 Å². The van der Waals surface area contributed by atoms with Crippen LogP contribution in [0.3, 0.4) is 0 Å². The monoisotopic (exact) mass is 372 g/mol. The van der Waals surface area contributed by atoms with Crippen LogP contribution in [0, 0.1) is 23.2 Å². The van der Waals surface area contributed by atoms with Crippen molar-refractivity contribution in [1.82, 2.24) is 0 Å². The van der Waals surface area contributed by atoms with Crippen LogP contribution in [0.1, 0.15) is 63.0 Å². The molecule has 0 radical (unpaired) electrons. The Balaban J connectivity index is 1.44. The van der Waals surface area contributed by atoms with Crippen molar-refractivity contribution in [3.8, 4) is 5.75 Å². The van der Waals surface area contributed by atoms with Gasteiger partial charge in [0.05, 0.1) is 19.3 Å². The molecular weight excluding hydrogens is 340 g/mol. The number of aliphatic hydroxyl groups excluding tert-OH is 1. The Morgan fingerprint density at radius 2 is 2.00 bits per heavy atom. The zero-order valence-electron chi connectivity index (χ0n) is 16.5. The second-order valence-electron chi connectivity index (χ2n) is 9.95. The molecule has 2 aliphatic carbocycles. The van der Waals surface area contributed by atoms with Crippen molar-refractivity contribution in [3.05, 3.63) is 29.3 Å². The number of aliphatic hydroxyl groups is 1. The summed E-state index contributed by atoms with van der Waals surface area (Å²) >= 11 is 0. The lowest BCUT2D eigenvalue weighted by molar-refractivity contribution is -0.332. The van der Waals surface area contributed by atoms with Gasteiger partial charge in [-0.25, -0.2) is 0 Å². The lowest BCUT2D eigenvalue weighted by Gasteiger charge is -2.59. The minimum Gasteiger partial charge on any atom is -0.508 e. The Morgan fingerprint density at radius 3 is 2.81 bits per heavy atom. The van der Waals surface area contributed by atoms with E-state index in [0.717, 1.165) is 19.4 Å². The summed E-state index contributed by atoms with van der Waals surface area (Å²) < 4.78 is 12.6. The highest BCUT2D eigenvalue weighted by Gasteiger charge is 2.56. The van der Waals surface area contributed by atoms with Gasteiger partial charge in [0.2, 0.25) is 0 Å². The fraction of sp³-hybridized carbons (Fsp3) is 0.739. The Kier molecular flexibility index (Phi) is 4.12. The van der Waals surface area contributed by atoms with Crippen LogP contribution < -0.4 is 0 Å². The fourth-order valence-electron chi connectivity index (χ4n) is 6.45. The predicted molar refractivity (Wildman–Crippen MR) is 103 cm³/mol. The molecule has 4 aliphatic rings. The van der Waals surface area contributed by atoms with Crippen molar-refractivity contribution in [1.29, 1.82) is 0 Å². The molecule has 7 atom stereocenters. The Bertz CT molecular complexity index is 733. The summed E-state index contributed by atoms with van der Waals surface area (Å²) in [4.78, 5) is 0. The predicted octanol–water partition coefficient (Wildman–Crippen LogP) is 3.99. The van der Waals surface area contributed by atoms with E-state index in [1.54, 1.807) is 0 Å². The number of fused-ring (bicyclic) bond motifs is 5. The molecule has 27 heavy (non-hydrogen) atoms. The zero-order valence-corrected chi connectivity index (χ0v) is 16.5. The first-order valence-electron chi connectivity index (χ1n) is 10.7. The maximum atomic E-state index is 10.5. The van der Waals surface area contributed by atoms with E-state index >= 15 is 0 Å². The van der Waals surface area contributed by atoms with Crippen LogP contribution in [0.5, 0.6) is 5.75 Å². The number of aromatic hydroxyl groups is 1. The van der Waals surface area contributed by atoms with E-state index in [2.05, 4.69) is 19.9 Å². The molecule has 2 saturated heterocycles. The topological polar surface area (TPSA) is 58.9 Å². The highest BCUT2D eigenvalue weighted by Crippen LogP contribution is 2.60. The van der Waals surface area contributed by atoms with Crippen molar-refractivity contribution >= 4 is 0 Å². The molecule has 2 N–H and O–H groups in total. The molecule has 1 saturated carbocycles. The molecule has 1 aromatic rings. The summed E-state index contributed by atoms with van der Waals surface area (Å²) in [5.41, 5.74) is 2.99. The third kappa shape index (κ3) is 2.83. The average Bonchev–Trinajstić information content (AvgIpc) is 2.65. The van der Waals surface area contributed by atoms with E-state index in [9.17, 15) is 10.2 Å². The van der Waals surface area contributed by atoms with Crippen LogP contribution in [0.15, 0.2) is 18.2 Å². The molecule has 148 valence electrons. The summed E-state index contributed by atoms with van der Waals surface area (Å²) in [6.45, 7) is 5.77. The first-order chi connectivity index (χ1) is 12.9. The molecule has 5 rings (SSSR count). The average molecular weight is 373 g/mol. The molecule has 4 nitrogen and oxygen atoms in total. The number of benzene rings is 1. The van der Waals surface area contributed by atoms with Crippen LogP contribution in [0.25, 0.3) is 0 Å². The first-order valence-corrected chi connectivity index (χ1v) is 10.7. The van der Waals surface area contributed by atoms with Gasteiger partial charge in [0.1, 0.15) is 5.75 Å². The van der Waals surface area contributed by atoms with Crippen LogP contribution in [-0.4, -0.2) is 35.3 Å². The largest absolute Gasteiger partial charge is 0.508 e. The van der Waals surface area contributed by atoms with Gasteiger partial charge in [-0.2, -0.15) is 0 Å². The van der Waals surface area contributed by atoms with Gasteiger partial charge in [0, 0.05) is 18.8 Å². The molecule has 2 heterocycles. The van der Waals surface area contributed by atoms with Gasteiger partial charge < -0.3 is 19.7 Å². The van der Waals surface area contributed by atoms with Crippen molar-refractivity contribution in [2.45, 2.75) is 70.2 Å². The quantitative estimate of drug-likeness (QED) is 0.723. The maximum Gasteiger partial charge on any atom is 0.171 e. The van der Waals surface area contributed by atoms with Gasteiger partial charge in [-0.1, -0.05) is 19.9 Å². The zero-order chi connectivity index (χ0) is 18.8. The molecule has 1 aromatic carbocycles. The molecule has 4 heteroatoms. The third-order valence-corrected chi connectivity index (χ3v) is 8.21. The van der Waals surface area contributed by atoms with E-state index in [4.69, 9.17) is 9.47 Å². The molecular formula is C23H32O4. The summed E-state index contributed by atoms with van der Waals surface area (Å²) in [5.74, 6) is 1.76. The number of hydrogen-bond acceptors (Lipinski definition) is 4. The highest BCUT2D eigenvalue weighted by molar-refractivity contribution is 5.40. The van der Waals surface area contributed by atoms with Gasteiger partial charge >= 0.3 is 0 Å². The minimum absolute atomic E-state index is 0.181. The molecule has 2 aliphatic heterocycles. The molecule has 0 unspecified atom stereocenters. The number of phenolic OH excluding ortho intramolecular Hbond substituents is 1. The summed E-state index contributed by atoms with van der Waals surface area (Å²) in [6.07, 6.45) is 5.77. The number of aryl methyl sites for hydroxylation is 1. The second kappa shape index (κ2) is 6.20. The fourth-order valence-corrected chi connectivity index (χ4v) is 6.45. The number of ether oxygens (including phenoxy) is 2. The summed E-state index contributed by atoms with van der Waals surface area (Å²) in [7, 11) is 0. The van der Waals surface area contributed by atoms with Gasteiger partial charge in [0.25, 0.3) is 0 Å². The number of phenols is 1. The van der Waals surface area contributed by atoms with Gasteiger partial charge in [-0.3, -0.25) is 0 Å². The van der Waals surface area contributed by atoms with Crippen molar-refractivity contribution < 1.29 is 19.7 Å². The Hall–Kier alpha value is -1.10. The third-order valence-electron chi connectivity index (χ3n) is 8.21. The molecule has 0 bridgehead atoms. The summed E-state index contributed by atoms with van der Waals surface area (Å²) in [6, 6.07) is 5.97. The van der Waals surface area contributed by atoms with Gasteiger partial charge in [0.15, 0.2) is 5.79 Å². The minimum atomic E-state index is -0.590. The van der Waals surface area contributed by atoms with E-state index < -0.39 is 5.79 Å². The lowest BCUT2D eigenvalue weighted by atomic mass is 9.52. The second-order valence-corrected chi connectivity index (χ2v) is 9.95. The van der Waals surface area contributed by atoms with Crippen LogP contribution >= 0.6 is 0 Å². The summed E-state index contributed by atoms with van der Waals surface area (Å²) in [5, 5.41) is 20.3. The van der Waals surface area contributed by atoms with Crippen molar-refractivity contribution in [2.75, 3.05) is 13.2 Å². The Morgan fingerprint density at radius 1 is 1.15 bits per heavy atom. The molecule has 0 aromatic heterocycles. The molecule has 0 amide bonds. The van der Waals surface area contributed by atoms with Crippen LogP contribution in [0.2, 0.25) is 0 Å². The van der Waals surface area contributed by atoms with E-state index in [-0.39, 0.29) is 17.4 Å². The highest BCUT2D eigenvalue weighted by atomic mass is 16.7. The van der Waals surface area contributed by atoms with Crippen LogP contribution in [0.4, 0.5) is 0 Å². The first kappa shape index (κ1) is 18.0. The maximum absolute atomic E-state index is 10.5. The smallest absolute Gasteiger partial charge is 0.171 e. The molecule has 3 fully saturated rings. The van der Waals surface area contributed by atoms with Gasteiger partial charge in [-0.15, -0.1) is 0 Å². The Labute approximate surface area is 161 Å². The number of rotatable bonds is 0. The lowest BCUT2D eigenvalue weighted by Crippen LogP contribution is -2.58. The van der Waals surface area contributed by atoms with Crippen molar-refractivity contribution in [3.63, 3.8) is 0 Å². The van der Waals surface area contributed by atoms with Gasteiger partial charge in [-0.05, 0) is 72.1 Å². The van der Waals surface area contributed by atoms with Crippen molar-refractivity contribution in [2.24, 2.45) is 23.2 Å². The molecule has 1 spiro atoms. The normalized spacial score (nSPS) is 46.4. The van der Waals surface area contributed by atoms with E-state index in [1.807, 2.05) is 12.1 Å².